The Morgan fingerprint density at radius 2 is 2.27 bits per heavy atom. The molecule has 1 N–H and O–H groups in total. The summed E-state index contributed by atoms with van der Waals surface area (Å²) in [4.78, 5) is 2.53. The van der Waals surface area contributed by atoms with E-state index in [1.165, 1.54) is 22.3 Å². The lowest BCUT2D eigenvalue weighted by atomic mass is 9.76. The Morgan fingerprint density at radius 1 is 1.38 bits per heavy atom. The minimum absolute atomic E-state index is 0.114. The van der Waals surface area contributed by atoms with Crippen LogP contribution in [0.25, 0.3) is 0 Å². The van der Waals surface area contributed by atoms with E-state index in [0.717, 1.165) is 39.0 Å². The Balaban J connectivity index is 1.49. The lowest BCUT2D eigenvalue weighted by Gasteiger charge is -2.48. The zero-order valence-corrected chi connectivity index (χ0v) is 15.8. The van der Waals surface area contributed by atoms with Gasteiger partial charge in [-0.3, -0.25) is 9.58 Å². The predicted octanol–water partition coefficient (Wildman–Crippen LogP) is 2.64. The molecule has 1 aromatic heterocycles. The number of aromatic nitrogens is 2. The highest BCUT2D eigenvalue weighted by Crippen LogP contribution is 2.44. The summed E-state index contributed by atoms with van der Waals surface area (Å²) in [6.45, 7) is 7.93. The molecule has 1 saturated heterocycles. The molecule has 2 aliphatic heterocycles. The molecule has 26 heavy (non-hydrogen) atoms. The van der Waals surface area contributed by atoms with E-state index in [1.54, 1.807) is 0 Å². The van der Waals surface area contributed by atoms with Crippen molar-refractivity contribution in [2.45, 2.75) is 57.8 Å². The number of hydrogen-bond donors (Lipinski definition) is 1. The Kier molecular flexibility index (Phi) is 4.86. The van der Waals surface area contributed by atoms with Gasteiger partial charge in [0.25, 0.3) is 0 Å². The molecular weight excluding hydrogens is 326 g/mol. The van der Waals surface area contributed by atoms with Crippen LogP contribution >= 0.6 is 0 Å². The van der Waals surface area contributed by atoms with Crippen molar-refractivity contribution in [3.8, 4) is 0 Å². The van der Waals surface area contributed by atoms with Crippen LogP contribution in [0, 0.1) is 6.92 Å². The lowest BCUT2D eigenvalue weighted by Crippen LogP contribution is -2.50. The van der Waals surface area contributed by atoms with Crippen molar-refractivity contribution in [3.63, 3.8) is 0 Å². The fourth-order valence-corrected chi connectivity index (χ4v) is 4.58. The summed E-state index contributed by atoms with van der Waals surface area (Å²) in [6.07, 6.45) is 7.07. The molecule has 2 aliphatic rings. The number of fused-ring (bicyclic) bond motifs is 2. The van der Waals surface area contributed by atoms with Gasteiger partial charge in [0.1, 0.15) is 0 Å². The fourth-order valence-electron chi connectivity index (χ4n) is 4.58. The molecule has 1 aromatic carbocycles. The third kappa shape index (κ3) is 3.31. The summed E-state index contributed by atoms with van der Waals surface area (Å²) in [5.41, 5.74) is 5.30. The highest BCUT2D eigenvalue weighted by atomic mass is 16.5. The Bertz CT molecular complexity index is 772. The third-order valence-electron chi connectivity index (χ3n) is 5.96. The SMILES string of the molecule is Cc1ccc2c(c1)C1(CCN(Cc3cnn(CCO)c3)[C@@H](C)C1)OCC2. The number of benzene rings is 1. The molecule has 2 atom stereocenters. The van der Waals surface area contributed by atoms with Gasteiger partial charge in [-0.1, -0.05) is 23.8 Å². The molecule has 0 saturated carbocycles. The number of aliphatic hydroxyl groups is 1. The number of likely N-dealkylation sites (tertiary alicyclic amines) is 1. The highest BCUT2D eigenvalue weighted by Gasteiger charge is 2.43. The summed E-state index contributed by atoms with van der Waals surface area (Å²) < 4.78 is 8.24. The van der Waals surface area contributed by atoms with Crippen molar-refractivity contribution >= 4 is 0 Å². The van der Waals surface area contributed by atoms with Gasteiger partial charge in [-0.25, -0.2) is 0 Å². The number of aliphatic hydroxyl groups excluding tert-OH is 1. The van der Waals surface area contributed by atoms with Gasteiger partial charge in [0.05, 0.1) is 31.6 Å². The van der Waals surface area contributed by atoms with Crippen LogP contribution in [0.5, 0.6) is 0 Å². The molecule has 1 fully saturated rings. The summed E-state index contributed by atoms with van der Waals surface area (Å²) in [5, 5.41) is 13.4. The molecule has 0 bridgehead atoms. The minimum atomic E-state index is -0.114. The molecule has 0 aliphatic carbocycles. The molecule has 1 spiro atoms. The Labute approximate surface area is 155 Å². The zero-order chi connectivity index (χ0) is 18.1. The molecule has 1 unspecified atom stereocenters. The number of ether oxygens (including phenoxy) is 1. The second-order valence-corrected chi connectivity index (χ2v) is 7.86. The van der Waals surface area contributed by atoms with E-state index >= 15 is 0 Å². The van der Waals surface area contributed by atoms with E-state index in [-0.39, 0.29) is 12.2 Å². The second kappa shape index (κ2) is 7.14. The molecular formula is C21H29N3O2. The Morgan fingerprint density at radius 3 is 3.08 bits per heavy atom. The normalized spacial score (nSPS) is 26.2. The van der Waals surface area contributed by atoms with Gasteiger partial charge < -0.3 is 9.84 Å². The van der Waals surface area contributed by atoms with Crippen LogP contribution in [0.2, 0.25) is 0 Å². The molecule has 0 amide bonds. The van der Waals surface area contributed by atoms with E-state index in [1.807, 2.05) is 17.1 Å². The zero-order valence-electron chi connectivity index (χ0n) is 15.8. The largest absolute Gasteiger partial charge is 0.394 e. The van der Waals surface area contributed by atoms with Gasteiger partial charge in [-0.15, -0.1) is 0 Å². The summed E-state index contributed by atoms with van der Waals surface area (Å²) in [7, 11) is 0. The molecule has 5 nitrogen and oxygen atoms in total. The van der Waals surface area contributed by atoms with Gasteiger partial charge in [0.15, 0.2) is 0 Å². The van der Waals surface area contributed by atoms with E-state index in [2.05, 4.69) is 42.0 Å². The van der Waals surface area contributed by atoms with E-state index in [4.69, 9.17) is 9.84 Å². The minimum Gasteiger partial charge on any atom is -0.394 e. The maximum Gasteiger partial charge on any atom is 0.0961 e. The van der Waals surface area contributed by atoms with Crippen molar-refractivity contribution in [1.29, 1.82) is 0 Å². The standard InChI is InChI=1S/C21H29N3O2/c1-16-3-4-19-5-10-26-21(20(19)11-16)6-7-23(17(2)12-21)14-18-13-22-24(15-18)8-9-25/h3-4,11,13,15,17,25H,5-10,12,14H2,1-2H3/t17-,21?/m0/s1. The van der Waals surface area contributed by atoms with Crippen LogP contribution < -0.4 is 0 Å². The van der Waals surface area contributed by atoms with Crippen LogP contribution in [-0.4, -0.2) is 45.6 Å². The van der Waals surface area contributed by atoms with Gasteiger partial charge >= 0.3 is 0 Å². The number of aryl methyl sites for hydroxylation is 1. The number of rotatable bonds is 4. The first-order valence-electron chi connectivity index (χ1n) is 9.70. The van der Waals surface area contributed by atoms with Crippen LogP contribution in [0.3, 0.4) is 0 Å². The summed E-state index contributed by atoms with van der Waals surface area (Å²) >= 11 is 0. The summed E-state index contributed by atoms with van der Waals surface area (Å²) in [6, 6.07) is 7.31. The molecule has 4 rings (SSSR count). The highest BCUT2D eigenvalue weighted by molar-refractivity contribution is 5.38. The van der Waals surface area contributed by atoms with Crippen LogP contribution in [0.1, 0.15) is 42.0 Å². The quantitative estimate of drug-likeness (QED) is 0.916. The maximum absolute atomic E-state index is 9.05. The number of piperidine rings is 1. The van der Waals surface area contributed by atoms with E-state index < -0.39 is 0 Å². The van der Waals surface area contributed by atoms with Crippen molar-refractivity contribution in [2.75, 3.05) is 19.8 Å². The fraction of sp³-hybridized carbons (Fsp3) is 0.571. The molecule has 140 valence electrons. The smallest absolute Gasteiger partial charge is 0.0961 e. The van der Waals surface area contributed by atoms with Gasteiger partial charge in [0.2, 0.25) is 0 Å². The van der Waals surface area contributed by atoms with E-state index in [9.17, 15) is 0 Å². The van der Waals surface area contributed by atoms with Crippen molar-refractivity contribution in [2.24, 2.45) is 0 Å². The second-order valence-electron chi connectivity index (χ2n) is 7.86. The predicted molar refractivity (Wildman–Crippen MR) is 101 cm³/mol. The van der Waals surface area contributed by atoms with Crippen molar-refractivity contribution in [1.82, 2.24) is 14.7 Å². The monoisotopic (exact) mass is 355 g/mol. The number of hydrogen-bond acceptors (Lipinski definition) is 4. The van der Waals surface area contributed by atoms with Crippen LogP contribution in [-0.2, 0) is 29.8 Å². The topological polar surface area (TPSA) is 50.5 Å². The van der Waals surface area contributed by atoms with Crippen LogP contribution in [0.4, 0.5) is 0 Å². The van der Waals surface area contributed by atoms with Gasteiger partial charge in [-0.2, -0.15) is 5.10 Å². The first-order valence-corrected chi connectivity index (χ1v) is 9.70. The maximum atomic E-state index is 9.05. The van der Waals surface area contributed by atoms with E-state index in [0.29, 0.717) is 12.6 Å². The van der Waals surface area contributed by atoms with Crippen molar-refractivity contribution < 1.29 is 9.84 Å². The third-order valence-corrected chi connectivity index (χ3v) is 5.96. The lowest BCUT2D eigenvalue weighted by molar-refractivity contribution is -0.113. The average Bonchev–Trinajstić information content (AvgIpc) is 3.06. The summed E-state index contributed by atoms with van der Waals surface area (Å²) in [5.74, 6) is 0. The molecule has 5 heteroatoms. The first-order chi connectivity index (χ1) is 12.6. The average molecular weight is 355 g/mol. The Hall–Kier alpha value is -1.69. The number of nitrogens with zero attached hydrogens (tertiary/aromatic N) is 3. The van der Waals surface area contributed by atoms with Crippen LogP contribution in [0.15, 0.2) is 30.6 Å². The van der Waals surface area contributed by atoms with Gasteiger partial charge in [-0.05, 0) is 44.2 Å². The molecule has 2 aromatic rings. The first kappa shape index (κ1) is 17.7. The van der Waals surface area contributed by atoms with Gasteiger partial charge in [0, 0.05) is 30.9 Å². The molecule has 0 radical (unpaired) electrons. The molecule has 3 heterocycles. The van der Waals surface area contributed by atoms with Crippen molar-refractivity contribution in [3.05, 3.63) is 52.8 Å².